The molecule has 0 aliphatic heterocycles. The van der Waals surface area contributed by atoms with Gasteiger partial charge in [0.25, 0.3) is 5.91 Å². The van der Waals surface area contributed by atoms with E-state index in [1.165, 1.54) is 11.3 Å². The van der Waals surface area contributed by atoms with Gasteiger partial charge in [0.1, 0.15) is 5.75 Å². The van der Waals surface area contributed by atoms with Crippen molar-refractivity contribution in [3.8, 4) is 5.75 Å². The number of rotatable bonds is 5. The number of amides is 1. The van der Waals surface area contributed by atoms with Gasteiger partial charge in [-0.2, -0.15) is 0 Å². The molecule has 3 rings (SSSR count). The first-order chi connectivity index (χ1) is 10.8. The van der Waals surface area contributed by atoms with Crippen LogP contribution in [0.3, 0.4) is 0 Å². The van der Waals surface area contributed by atoms with E-state index in [0.29, 0.717) is 17.3 Å². The Bertz CT molecular complexity index is 771. The topological polar surface area (TPSA) is 51.2 Å². The highest BCUT2D eigenvalue weighted by molar-refractivity contribution is 7.13. The highest BCUT2D eigenvalue weighted by Gasteiger charge is 2.19. The molecular weight excluding hydrogens is 296 g/mol. The summed E-state index contributed by atoms with van der Waals surface area (Å²) >= 11 is 1.39. The van der Waals surface area contributed by atoms with Gasteiger partial charge in [0, 0.05) is 11.6 Å². The van der Waals surface area contributed by atoms with Gasteiger partial charge >= 0.3 is 0 Å². The Morgan fingerprint density at radius 3 is 2.82 bits per heavy atom. The van der Waals surface area contributed by atoms with E-state index in [-0.39, 0.29) is 5.91 Å². The Morgan fingerprint density at radius 1 is 1.27 bits per heavy atom. The predicted molar refractivity (Wildman–Crippen MR) is 89.4 cm³/mol. The minimum atomic E-state index is -0.537. The molecule has 112 valence electrons. The van der Waals surface area contributed by atoms with Gasteiger partial charge in [0.05, 0.1) is 0 Å². The highest BCUT2D eigenvalue weighted by atomic mass is 32.1. The van der Waals surface area contributed by atoms with Crippen molar-refractivity contribution < 1.29 is 9.53 Å². The van der Waals surface area contributed by atoms with Crippen LogP contribution in [0.2, 0.25) is 0 Å². The van der Waals surface area contributed by atoms with Crippen molar-refractivity contribution in [2.45, 2.75) is 19.4 Å². The maximum atomic E-state index is 12.2. The number of hydrogen-bond donors (Lipinski definition) is 1. The summed E-state index contributed by atoms with van der Waals surface area (Å²) in [5.41, 5.74) is 0. The Kier molecular flexibility index (Phi) is 4.34. The molecule has 0 saturated carbocycles. The first-order valence-corrected chi connectivity index (χ1v) is 8.00. The van der Waals surface area contributed by atoms with Gasteiger partial charge < -0.3 is 4.74 Å². The maximum Gasteiger partial charge on any atom is 0.267 e. The fourth-order valence-electron chi connectivity index (χ4n) is 2.20. The van der Waals surface area contributed by atoms with E-state index in [4.69, 9.17) is 4.74 Å². The average molecular weight is 312 g/mol. The molecule has 1 atom stereocenters. The van der Waals surface area contributed by atoms with Crippen LogP contribution >= 0.6 is 11.3 Å². The summed E-state index contributed by atoms with van der Waals surface area (Å²) < 4.78 is 5.85. The number of carbonyl (C=O) groups excluding carboxylic acids is 1. The molecule has 3 aromatic rings. The van der Waals surface area contributed by atoms with Gasteiger partial charge in [0.2, 0.25) is 0 Å². The molecule has 4 nitrogen and oxygen atoms in total. The lowest BCUT2D eigenvalue weighted by Crippen LogP contribution is -2.32. The standard InChI is InChI=1S/C17H16N2O2S/c1-2-15(16(20)19-17-18-9-10-22-17)21-14-8-7-12-5-3-4-6-13(12)11-14/h3-11,15H,2H2,1H3,(H,18,19,20). The Balaban J connectivity index is 1.74. The monoisotopic (exact) mass is 312 g/mol. The number of nitrogens with one attached hydrogen (secondary N) is 1. The molecule has 0 saturated heterocycles. The zero-order chi connectivity index (χ0) is 15.4. The van der Waals surface area contributed by atoms with Gasteiger partial charge in [-0.25, -0.2) is 4.98 Å². The third-order valence-corrected chi connectivity index (χ3v) is 4.01. The minimum absolute atomic E-state index is 0.175. The number of carbonyl (C=O) groups is 1. The van der Waals surface area contributed by atoms with Crippen LogP contribution in [0.25, 0.3) is 10.8 Å². The number of hydrogen-bond acceptors (Lipinski definition) is 4. The average Bonchev–Trinajstić information content (AvgIpc) is 3.05. The van der Waals surface area contributed by atoms with Crippen LogP contribution in [0.4, 0.5) is 5.13 Å². The van der Waals surface area contributed by atoms with Crippen LogP contribution in [0.1, 0.15) is 13.3 Å². The molecule has 0 aliphatic rings. The molecule has 1 N–H and O–H groups in total. The number of ether oxygens (including phenoxy) is 1. The molecule has 5 heteroatoms. The number of thiazole rings is 1. The third kappa shape index (κ3) is 3.26. The van der Waals surface area contributed by atoms with Crippen molar-refractivity contribution in [3.63, 3.8) is 0 Å². The lowest BCUT2D eigenvalue weighted by atomic mass is 10.1. The highest BCUT2D eigenvalue weighted by Crippen LogP contribution is 2.22. The smallest absolute Gasteiger partial charge is 0.267 e. The summed E-state index contributed by atoms with van der Waals surface area (Å²) in [5.74, 6) is 0.519. The van der Waals surface area contributed by atoms with Crippen molar-refractivity contribution in [2.24, 2.45) is 0 Å². The number of fused-ring (bicyclic) bond motifs is 1. The van der Waals surface area contributed by atoms with E-state index >= 15 is 0 Å². The number of aromatic nitrogens is 1. The second-order valence-corrected chi connectivity index (χ2v) is 5.74. The van der Waals surface area contributed by atoms with Crippen LogP contribution < -0.4 is 10.1 Å². The maximum absolute atomic E-state index is 12.2. The normalized spacial score (nSPS) is 12.0. The van der Waals surface area contributed by atoms with E-state index in [2.05, 4.69) is 10.3 Å². The lowest BCUT2D eigenvalue weighted by molar-refractivity contribution is -0.122. The molecule has 1 aromatic heterocycles. The van der Waals surface area contributed by atoms with E-state index in [1.54, 1.807) is 6.20 Å². The summed E-state index contributed by atoms with van der Waals surface area (Å²) in [6, 6.07) is 13.9. The zero-order valence-corrected chi connectivity index (χ0v) is 13.0. The molecule has 1 unspecified atom stereocenters. The fraction of sp³-hybridized carbons (Fsp3) is 0.176. The SMILES string of the molecule is CCC(Oc1ccc2ccccc2c1)C(=O)Nc1nccs1. The lowest BCUT2D eigenvalue weighted by Gasteiger charge is -2.16. The Labute approximate surface area is 132 Å². The van der Waals surface area contributed by atoms with Gasteiger partial charge in [-0.1, -0.05) is 37.3 Å². The van der Waals surface area contributed by atoms with Crippen LogP contribution in [-0.2, 0) is 4.79 Å². The summed E-state index contributed by atoms with van der Waals surface area (Å²) in [7, 11) is 0. The van der Waals surface area contributed by atoms with Crippen LogP contribution in [0.5, 0.6) is 5.75 Å². The Hall–Kier alpha value is -2.40. The largest absolute Gasteiger partial charge is 0.481 e. The summed E-state index contributed by atoms with van der Waals surface area (Å²) in [4.78, 5) is 16.3. The minimum Gasteiger partial charge on any atom is -0.481 e. The number of anilines is 1. The van der Waals surface area contributed by atoms with Crippen molar-refractivity contribution in [2.75, 3.05) is 5.32 Å². The zero-order valence-electron chi connectivity index (χ0n) is 12.2. The second kappa shape index (κ2) is 6.58. The molecule has 1 heterocycles. The number of nitrogens with zero attached hydrogens (tertiary/aromatic N) is 1. The Morgan fingerprint density at radius 2 is 2.09 bits per heavy atom. The molecule has 2 aromatic carbocycles. The van der Waals surface area contributed by atoms with E-state index in [1.807, 2.05) is 54.8 Å². The van der Waals surface area contributed by atoms with E-state index in [0.717, 1.165) is 10.8 Å². The van der Waals surface area contributed by atoms with Crippen molar-refractivity contribution in [3.05, 3.63) is 54.0 Å². The van der Waals surface area contributed by atoms with Crippen molar-refractivity contribution >= 4 is 33.1 Å². The van der Waals surface area contributed by atoms with Gasteiger partial charge in [-0.3, -0.25) is 10.1 Å². The summed E-state index contributed by atoms with van der Waals surface area (Å²) in [6.07, 6.45) is 1.71. The first kappa shape index (κ1) is 14.5. The van der Waals surface area contributed by atoms with Crippen LogP contribution in [0, 0.1) is 0 Å². The van der Waals surface area contributed by atoms with Crippen LogP contribution in [0.15, 0.2) is 54.0 Å². The van der Waals surface area contributed by atoms with E-state index < -0.39 is 6.10 Å². The summed E-state index contributed by atoms with van der Waals surface area (Å²) in [6.45, 7) is 1.92. The second-order valence-electron chi connectivity index (χ2n) is 4.85. The molecule has 0 fully saturated rings. The fourth-order valence-corrected chi connectivity index (χ4v) is 2.73. The quantitative estimate of drug-likeness (QED) is 0.772. The molecule has 1 amide bonds. The predicted octanol–water partition coefficient (Wildman–Crippen LogP) is 4.09. The molecule has 0 radical (unpaired) electrons. The summed E-state index contributed by atoms with van der Waals surface area (Å²) in [5, 5.41) is 7.42. The van der Waals surface area contributed by atoms with Gasteiger partial charge in [-0.05, 0) is 29.3 Å². The van der Waals surface area contributed by atoms with Gasteiger partial charge in [-0.15, -0.1) is 11.3 Å². The van der Waals surface area contributed by atoms with Crippen molar-refractivity contribution in [1.82, 2.24) is 4.98 Å². The van der Waals surface area contributed by atoms with Crippen LogP contribution in [-0.4, -0.2) is 17.0 Å². The molecule has 0 spiro atoms. The number of benzene rings is 2. The molecule has 0 bridgehead atoms. The molecule has 22 heavy (non-hydrogen) atoms. The molecule has 0 aliphatic carbocycles. The van der Waals surface area contributed by atoms with Gasteiger partial charge in [0.15, 0.2) is 11.2 Å². The van der Waals surface area contributed by atoms with E-state index in [9.17, 15) is 4.79 Å². The van der Waals surface area contributed by atoms with Crippen molar-refractivity contribution in [1.29, 1.82) is 0 Å². The molecular formula is C17H16N2O2S. The first-order valence-electron chi connectivity index (χ1n) is 7.12. The third-order valence-electron chi connectivity index (χ3n) is 3.32.